The number of anilines is 1. The van der Waals surface area contributed by atoms with Gasteiger partial charge in [0, 0.05) is 11.8 Å². The highest BCUT2D eigenvalue weighted by atomic mass is 32.2. The molecule has 1 aromatic heterocycles. The van der Waals surface area contributed by atoms with Crippen LogP contribution in [0, 0.1) is 12.9 Å². The highest BCUT2D eigenvalue weighted by Gasteiger charge is 2.32. The quantitative estimate of drug-likeness (QED) is 0.274. The van der Waals surface area contributed by atoms with Crippen LogP contribution in [0.3, 0.4) is 0 Å². The Morgan fingerprint density at radius 2 is 1.86 bits per heavy atom. The van der Waals surface area contributed by atoms with E-state index in [0.29, 0.717) is 6.07 Å². The minimum atomic E-state index is -4.71. The number of likely N-dealkylation sites (N-methyl/N-ethyl adjacent to an activating group) is 1. The molecule has 2 amide bonds. The molecule has 1 unspecified atom stereocenters. The van der Waals surface area contributed by atoms with Gasteiger partial charge in [-0.25, -0.2) is 4.98 Å². The number of carbonyl (C=O) groups is 2. The van der Waals surface area contributed by atoms with E-state index in [4.69, 9.17) is 10.5 Å². The number of aromatic nitrogens is 1. The number of rotatable bonds is 7. The van der Waals surface area contributed by atoms with E-state index < -0.39 is 46.6 Å². The Balaban J connectivity index is 1.93. The Hall–Kier alpha value is -3.68. The molecule has 3 N–H and O–H groups in total. The van der Waals surface area contributed by atoms with Gasteiger partial charge in [-0.1, -0.05) is 6.07 Å². The number of ether oxygens (including phenoxy) is 1. The topological polar surface area (TPSA) is 121 Å². The zero-order valence-corrected chi connectivity index (χ0v) is 19.7. The van der Waals surface area contributed by atoms with Crippen molar-refractivity contribution >= 4 is 28.9 Å². The highest BCUT2D eigenvalue weighted by Crippen LogP contribution is 2.36. The molecule has 13 heteroatoms. The molecule has 2 aromatic carbocycles. The van der Waals surface area contributed by atoms with Crippen molar-refractivity contribution in [3.8, 4) is 11.5 Å². The zero-order valence-electron chi connectivity index (χ0n) is 18.9. The number of aryl methyl sites for hydroxylation is 1. The van der Waals surface area contributed by atoms with E-state index in [-0.39, 0.29) is 34.1 Å². The van der Waals surface area contributed by atoms with Gasteiger partial charge in [0.25, 0.3) is 11.8 Å². The van der Waals surface area contributed by atoms with E-state index >= 15 is 0 Å². The van der Waals surface area contributed by atoms with Crippen molar-refractivity contribution in [2.24, 2.45) is 5.73 Å². The summed E-state index contributed by atoms with van der Waals surface area (Å²) in [4.78, 5) is 28.4. The van der Waals surface area contributed by atoms with E-state index in [1.807, 2.05) is 0 Å². The fraction of sp³-hybridized carbons (Fsp3) is 0.174. The Morgan fingerprint density at radius 1 is 1.14 bits per heavy atom. The summed E-state index contributed by atoms with van der Waals surface area (Å²) in [5.74, 6) is -2.69. The van der Waals surface area contributed by atoms with Gasteiger partial charge in [0.1, 0.15) is 22.9 Å². The number of hydrogen-bond acceptors (Lipinski definition) is 6. The van der Waals surface area contributed by atoms with Crippen LogP contribution >= 0.6 is 0 Å². The molecule has 0 aliphatic heterocycles. The van der Waals surface area contributed by atoms with Crippen LogP contribution < -0.4 is 15.8 Å². The molecule has 0 spiro atoms. The maximum absolute atomic E-state index is 13.3. The lowest BCUT2D eigenvalue weighted by molar-refractivity contribution is -0.137. The lowest BCUT2D eigenvalue weighted by Gasteiger charge is -2.19. The number of pyridine rings is 1. The van der Waals surface area contributed by atoms with Crippen LogP contribution in [-0.4, -0.2) is 39.2 Å². The third-order valence-corrected chi connectivity index (χ3v) is 6.20. The van der Waals surface area contributed by atoms with Gasteiger partial charge >= 0.3 is 6.18 Å². The molecule has 1 atom stereocenters. The number of hydrogen-bond donors (Lipinski definition) is 2. The fourth-order valence-corrected chi connectivity index (χ4v) is 3.97. The largest absolute Gasteiger partial charge is 0.588 e. The molecular formula is C23H20F4N4O4S. The second kappa shape index (κ2) is 10.9. The number of carbonyl (C=O) groups excluding carboxylic acids is 2. The van der Waals surface area contributed by atoms with Crippen LogP contribution in [0.25, 0.3) is 0 Å². The maximum Gasteiger partial charge on any atom is 0.416 e. The summed E-state index contributed by atoms with van der Waals surface area (Å²) in [6.07, 6.45) is -4.71. The van der Waals surface area contributed by atoms with Gasteiger partial charge in [0.05, 0.1) is 30.4 Å². The molecular weight excluding hydrogens is 504 g/mol. The normalized spacial score (nSPS) is 12.1. The van der Waals surface area contributed by atoms with Crippen LogP contribution in [0.4, 0.5) is 23.2 Å². The molecule has 0 fully saturated rings. The van der Waals surface area contributed by atoms with Crippen LogP contribution in [-0.2, 0) is 22.3 Å². The Morgan fingerprint density at radius 3 is 2.50 bits per heavy atom. The number of nitrogens with one attached hydrogen (secondary N) is 1. The summed E-state index contributed by atoms with van der Waals surface area (Å²) in [6.45, 7) is 1.04. The van der Waals surface area contributed by atoms with Gasteiger partial charge < -0.3 is 20.3 Å². The molecule has 36 heavy (non-hydrogen) atoms. The summed E-state index contributed by atoms with van der Waals surface area (Å²) in [7, 11) is 1.30. The van der Waals surface area contributed by atoms with Crippen molar-refractivity contribution in [3.63, 3.8) is 0 Å². The number of nitrogens with two attached hydrogens (primary N) is 1. The van der Waals surface area contributed by atoms with Gasteiger partial charge in [0.2, 0.25) is 5.95 Å². The lowest BCUT2D eigenvalue weighted by atomic mass is 10.1. The second-order valence-electron chi connectivity index (χ2n) is 7.35. The van der Waals surface area contributed by atoms with Crippen molar-refractivity contribution in [1.29, 1.82) is 0 Å². The smallest absolute Gasteiger partial charge is 0.416 e. The lowest BCUT2D eigenvalue weighted by Crippen LogP contribution is -2.37. The SMILES string of the molecule is Cc1nc(F)ccc1Oc1cc(C(F)(F)F)ccc1C(=O)Nc1cccc([S+]([O-])N(C)C(=O)CN)c1. The average Bonchev–Trinajstić information content (AvgIpc) is 2.83. The minimum Gasteiger partial charge on any atom is -0.588 e. The van der Waals surface area contributed by atoms with E-state index in [1.165, 1.54) is 44.3 Å². The molecule has 0 saturated carbocycles. The van der Waals surface area contributed by atoms with Crippen LogP contribution in [0.2, 0.25) is 0 Å². The van der Waals surface area contributed by atoms with Crippen molar-refractivity contribution in [2.75, 3.05) is 18.9 Å². The third kappa shape index (κ3) is 6.30. The first-order valence-corrected chi connectivity index (χ1v) is 11.3. The monoisotopic (exact) mass is 524 g/mol. The van der Waals surface area contributed by atoms with E-state index in [1.54, 1.807) is 0 Å². The number of halogens is 4. The van der Waals surface area contributed by atoms with E-state index in [0.717, 1.165) is 22.5 Å². The van der Waals surface area contributed by atoms with Crippen LogP contribution in [0.1, 0.15) is 21.6 Å². The van der Waals surface area contributed by atoms with Gasteiger partial charge in [-0.3, -0.25) is 9.59 Å². The second-order valence-corrected chi connectivity index (χ2v) is 8.87. The van der Waals surface area contributed by atoms with Gasteiger partial charge in [-0.05, 0) is 49.4 Å². The molecule has 0 aliphatic carbocycles. The van der Waals surface area contributed by atoms with Gasteiger partial charge in [0.15, 0.2) is 4.90 Å². The number of amides is 2. The zero-order chi connectivity index (χ0) is 26.6. The predicted molar refractivity (Wildman–Crippen MR) is 123 cm³/mol. The molecule has 0 saturated heterocycles. The summed E-state index contributed by atoms with van der Waals surface area (Å²) in [5, 5.41) is 2.51. The molecule has 3 rings (SSSR count). The molecule has 0 radical (unpaired) electrons. The molecule has 0 bridgehead atoms. The third-order valence-electron chi connectivity index (χ3n) is 4.84. The van der Waals surface area contributed by atoms with Crippen molar-refractivity contribution in [1.82, 2.24) is 9.29 Å². The van der Waals surface area contributed by atoms with Crippen LogP contribution in [0.5, 0.6) is 11.5 Å². The Kier molecular flexibility index (Phi) is 8.17. The van der Waals surface area contributed by atoms with E-state index in [2.05, 4.69) is 10.3 Å². The van der Waals surface area contributed by atoms with Crippen LogP contribution in [0.15, 0.2) is 59.5 Å². The molecule has 3 aromatic rings. The summed E-state index contributed by atoms with van der Waals surface area (Å²) >= 11 is -1.91. The first-order valence-electron chi connectivity index (χ1n) is 10.2. The predicted octanol–water partition coefficient (Wildman–Crippen LogP) is 4.03. The molecule has 1 heterocycles. The maximum atomic E-state index is 13.3. The first-order chi connectivity index (χ1) is 16.9. The van der Waals surface area contributed by atoms with Gasteiger partial charge in [-0.15, -0.1) is 0 Å². The standard InChI is InChI=1S/C23H20F4N4O4S/c1-13-18(8-9-20(24)29-13)35-19-10-14(23(25,26)27)6-7-17(19)22(33)30-15-4-3-5-16(11-15)36(34)31(2)21(32)12-28/h3-11H,12,28H2,1-2H3,(H,30,33). The molecule has 190 valence electrons. The number of alkyl halides is 3. The molecule has 8 nitrogen and oxygen atoms in total. The number of benzene rings is 2. The Labute approximate surface area is 206 Å². The highest BCUT2D eigenvalue weighted by molar-refractivity contribution is 7.89. The summed E-state index contributed by atoms with van der Waals surface area (Å²) < 4.78 is 72.3. The number of nitrogens with zero attached hydrogens (tertiary/aromatic N) is 2. The Bertz CT molecular complexity index is 1290. The van der Waals surface area contributed by atoms with Crippen molar-refractivity contribution in [3.05, 3.63) is 77.4 Å². The van der Waals surface area contributed by atoms with Crippen molar-refractivity contribution < 1.29 is 36.4 Å². The average molecular weight is 524 g/mol. The minimum absolute atomic E-state index is 0.0465. The fourth-order valence-electron chi connectivity index (χ4n) is 2.97. The first kappa shape index (κ1) is 26.9. The summed E-state index contributed by atoms with van der Waals surface area (Å²) in [6, 6.07) is 10.2. The van der Waals surface area contributed by atoms with Crippen molar-refractivity contribution in [2.45, 2.75) is 18.0 Å². The summed E-state index contributed by atoms with van der Waals surface area (Å²) in [5.41, 5.74) is 4.18. The van der Waals surface area contributed by atoms with E-state index in [9.17, 15) is 31.7 Å². The van der Waals surface area contributed by atoms with Gasteiger partial charge in [-0.2, -0.15) is 21.9 Å². The molecule has 0 aliphatic rings.